The lowest BCUT2D eigenvalue weighted by atomic mass is 10.0. The van der Waals surface area contributed by atoms with Gasteiger partial charge in [-0.3, -0.25) is 4.79 Å². The Morgan fingerprint density at radius 2 is 2.00 bits per heavy atom. The fourth-order valence-corrected chi connectivity index (χ4v) is 4.22. The van der Waals surface area contributed by atoms with Crippen molar-refractivity contribution in [2.75, 3.05) is 24.9 Å². The Morgan fingerprint density at radius 3 is 2.69 bits per heavy atom. The van der Waals surface area contributed by atoms with E-state index < -0.39 is 6.17 Å². The molecule has 2 aromatic carbocycles. The van der Waals surface area contributed by atoms with Crippen LogP contribution in [-0.4, -0.2) is 36.0 Å². The van der Waals surface area contributed by atoms with Crippen LogP contribution in [0.15, 0.2) is 47.6 Å². The van der Waals surface area contributed by atoms with Crippen LogP contribution in [0.2, 0.25) is 0 Å². The Bertz CT molecular complexity index is 1170. The van der Waals surface area contributed by atoms with Gasteiger partial charge in [0, 0.05) is 17.1 Å². The van der Waals surface area contributed by atoms with Crippen molar-refractivity contribution in [1.29, 1.82) is 0 Å². The zero-order valence-electron chi connectivity index (χ0n) is 18.4. The van der Waals surface area contributed by atoms with Crippen molar-refractivity contribution in [3.8, 4) is 28.6 Å². The molecule has 32 heavy (non-hydrogen) atoms. The smallest absolute Gasteiger partial charge is 0.293 e. The van der Waals surface area contributed by atoms with Crippen molar-refractivity contribution < 1.29 is 24.1 Å². The number of hydrogen-bond donors (Lipinski definition) is 0. The third-order valence-electron chi connectivity index (χ3n) is 5.26. The minimum atomic E-state index is -0.682. The molecule has 1 atom stereocenters. The van der Waals surface area contributed by atoms with Crippen LogP contribution in [-0.2, 0) is 4.79 Å². The second-order valence-corrected chi connectivity index (χ2v) is 7.82. The van der Waals surface area contributed by atoms with Crippen molar-refractivity contribution in [3.63, 3.8) is 0 Å². The highest BCUT2D eigenvalue weighted by molar-refractivity contribution is 7.98. The van der Waals surface area contributed by atoms with Crippen LogP contribution >= 0.6 is 11.8 Å². The van der Waals surface area contributed by atoms with E-state index in [4.69, 9.17) is 9.47 Å². The Kier molecular flexibility index (Phi) is 6.18. The molecule has 1 aliphatic rings. The second kappa shape index (κ2) is 9.04. The highest BCUT2D eigenvalue weighted by atomic mass is 32.2. The zero-order chi connectivity index (χ0) is 22.8. The summed E-state index contributed by atoms with van der Waals surface area (Å²) in [4.78, 5) is 19.0. The maximum absolute atomic E-state index is 13.2. The number of rotatable bonds is 6. The third-order valence-corrected chi connectivity index (χ3v) is 5.79. The summed E-state index contributed by atoms with van der Waals surface area (Å²) in [6.07, 6.45) is 1.42. The van der Waals surface area contributed by atoms with E-state index in [1.54, 1.807) is 16.7 Å². The summed E-state index contributed by atoms with van der Waals surface area (Å²) < 4.78 is 12.8. The molecule has 0 saturated heterocycles. The van der Waals surface area contributed by atoms with E-state index in [-0.39, 0.29) is 11.8 Å². The van der Waals surface area contributed by atoms with E-state index in [1.807, 2.05) is 62.6 Å². The van der Waals surface area contributed by atoms with Crippen LogP contribution < -0.4 is 24.2 Å². The maximum Gasteiger partial charge on any atom is 0.293 e. The highest BCUT2D eigenvalue weighted by Crippen LogP contribution is 2.42. The minimum absolute atomic E-state index is 0.0924. The predicted octanol–water partition coefficient (Wildman–Crippen LogP) is 2.94. The number of anilines is 1. The average molecular weight is 453 g/mol. The van der Waals surface area contributed by atoms with Crippen LogP contribution in [0.4, 0.5) is 5.69 Å². The fourth-order valence-electron chi connectivity index (χ4n) is 3.88. The van der Waals surface area contributed by atoms with Crippen LogP contribution in [0, 0.1) is 0 Å². The van der Waals surface area contributed by atoms with Gasteiger partial charge in [-0.15, -0.1) is 0 Å². The van der Waals surface area contributed by atoms with E-state index in [0.717, 1.165) is 5.56 Å². The number of ether oxygens (including phenoxy) is 2. The summed E-state index contributed by atoms with van der Waals surface area (Å²) in [6.45, 7) is 4.21. The number of amides is 1. The molecule has 1 unspecified atom stereocenters. The van der Waals surface area contributed by atoms with E-state index in [1.165, 1.54) is 11.8 Å². The second-order valence-electron chi connectivity index (χ2n) is 7.05. The normalized spacial score (nSPS) is 14.5. The molecule has 0 radical (unpaired) electrons. The van der Waals surface area contributed by atoms with Crippen molar-refractivity contribution in [2.24, 2.45) is 0 Å². The van der Waals surface area contributed by atoms with E-state index in [2.05, 4.69) is 10.1 Å². The number of aromatic nitrogens is 3. The third kappa shape index (κ3) is 3.62. The summed E-state index contributed by atoms with van der Waals surface area (Å²) >= 11 is 1.28. The molecule has 3 aromatic rings. The summed E-state index contributed by atoms with van der Waals surface area (Å²) in [5.74, 6) is 0.662. The number of fused-ring (bicyclic) bond motifs is 3. The predicted molar refractivity (Wildman–Crippen MR) is 119 cm³/mol. The van der Waals surface area contributed by atoms with E-state index in [0.29, 0.717) is 46.6 Å². The fraction of sp³-hybridized carbons (Fsp3) is 0.304. The summed E-state index contributed by atoms with van der Waals surface area (Å²) in [5.41, 5.74) is 2.35. The van der Waals surface area contributed by atoms with Crippen LogP contribution in [0.5, 0.6) is 17.4 Å². The first-order chi connectivity index (χ1) is 15.5. The van der Waals surface area contributed by atoms with Gasteiger partial charge in [-0.25, -0.2) is 9.88 Å². The molecule has 0 saturated carbocycles. The standard InChI is InChI=1S/C23H24N4O4S/c1-5-19(28)26-16-10-8-7-9-15(16)20-21(29)24-23(32-4)25-27(20)22(26)14-11-12-17(31-6-2)18(13-14)30-3/h7-13,22H,5-6H2,1-4H3. The Balaban J connectivity index is 2.02. The highest BCUT2D eigenvalue weighted by Gasteiger charge is 2.44. The van der Waals surface area contributed by atoms with Gasteiger partial charge in [0.25, 0.3) is 17.0 Å². The molecule has 0 spiro atoms. The first kappa shape index (κ1) is 21.9. The quantitative estimate of drug-likeness (QED) is 0.419. The molecule has 8 nitrogen and oxygen atoms in total. The largest absolute Gasteiger partial charge is 0.854 e. The number of hydrogen-bond acceptors (Lipinski definition) is 7. The van der Waals surface area contributed by atoms with Crippen LogP contribution in [0.1, 0.15) is 32.0 Å². The SMILES string of the molecule is CCOc1ccc(C2N(C(=O)CC)c3ccccc3-c3c([O-])nc(SC)n[n+]32)cc1OC. The monoisotopic (exact) mass is 452 g/mol. The lowest BCUT2D eigenvalue weighted by molar-refractivity contribution is -0.764. The first-order valence-electron chi connectivity index (χ1n) is 10.3. The molecule has 0 aliphatic carbocycles. The summed E-state index contributed by atoms with van der Waals surface area (Å²) in [6, 6.07) is 12.8. The number of para-hydroxylation sites is 1. The number of thioether (sulfide) groups is 1. The number of carbonyl (C=O) groups excluding carboxylic acids is 1. The molecule has 0 fully saturated rings. The molecule has 1 aromatic heterocycles. The maximum atomic E-state index is 13.2. The lowest BCUT2D eigenvalue weighted by Crippen LogP contribution is -2.59. The molecular weight excluding hydrogens is 428 g/mol. The van der Waals surface area contributed by atoms with Gasteiger partial charge in [-0.1, -0.05) is 35.5 Å². The Morgan fingerprint density at radius 1 is 1.22 bits per heavy atom. The number of nitrogens with zero attached hydrogens (tertiary/aromatic N) is 4. The van der Waals surface area contributed by atoms with Gasteiger partial charge in [0.15, 0.2) is 11.5 Å². The minimum Gasteiger partial charge on any atom is -0.854 e. The van der Waals surface area contributed by atoms with Crippen molar-refractivity contribution in [3.05, 3.63) is 48.0 Å². The average Bonchev–Trinajstić information content (AvgIpc) is 2.82. The molecule has 1 amide bonds. The van der Waals surface area contributed by atoms with Gasteiger partial charge in [-0.05, 0) is 43.5 Å². The van der Waals surface area contributed by atoms with Crippen LogP contribution in [0.25, 0.3) is 11.3 Å². The van der Waals surface area contributed by atoms with E-state index >= 15 is 0 Å². The Hall–Kier alpha value is -3.33. The molecule has 166 valence electrons. The van der Waals surface area contributed by atoms with Crippen LogP contribution in [0.3, 0.4) is 0 Å². The van der Waals surface area contributed by atoms with Gasteiger partial charge < -0.3 is 14.6 Å². The molecule has 1 aliphatic heterocycles. The van der Waals surface area contributed by atoms with Gasteiger partial charge in [0.05, 0.1) is 30.8 Å². The van der Waals surface area contributed by atoms with Gasteiger partial charge in [-0.2, -0.15) is 0 Å². The topological polar surface area (TPSA) is 91.5 Å². The molecule has 4 rings (SSSR count). The summed E-state index contributed by atoms with van der Waals surface area (Å²) in [5, 5.41) is 18.0. The Labute approximate surface area is 190 Å². The van der Waals surface area contributed by atoms with Gasteiger partial charge >= 0.3 is 0 Å². The van der Waals surface area contributed by atoms with Crippen molar-refractivity contribution in [2.45, 2.75) is 31.6 Å². The van der Waals surface area contributed by atoms with Gasteiger partial charge in [0.1, 0.15) is 0 Å². The zero-order valence-corrected chi connectivity index (χ0v) is 19.2. The number of carbonyl (C=O) groups is 1. The molecule has 0 N–H and O–H groups in total. The molecule has 0 bridgehead atoms. The van der Waals surface area contributed by atoms with Crippen molar-refractivity contribution >= 4 is 23.4 Å². The first-order valence-corrected chi connectivity index (χ1v) is 11.5. The number of benzene rings is 2. The van der Waals surface area contributed by atoms with Crippen molar-refractivity contribution in [1.82, 2.24) is 10.1 Å². The molecule has 2 heterocycles. The molecule has 9 heteroatoms. The van der Waals surface area contributed by atoms with E-state index in [9.17, 15) is 9.90 Å². The summed E-state index contributed by atoms with van der Waals surface area (Å²) in [7, 11) is 1.57. The molecular formula is C23H24N4O4S. The van der Waals surface area contributed by atoms with Gasteiger partial charge in [0.2, 0.25) is 5.91 Å². The number of methoxy groups -OCH3 is 1. The lowest BCUT2D eigenvalue weighted by Gasteiger charge is -2.33.